The number of nitrogens with one attached hydrogen (secondary N) is 1. The normalized spacial score (nSPS) is 24.8. The van der Waals surface area contributed by atoms with Crippen LogP contribution in [-0.4, -0.2) is 28.8 Å². The molecule has 1 aliphatic carbocycles. The molecule has 1 fully saturated rings. The van der Waals surface area contributed by atoms with Gasteiger partial charge in [-0.15, -0.1) is 0 Å². The molecule has 3 nitrogen and oxygen atoms in total. The maximum absolute atomic E-state index is 13.3. The number of carbonyl (C=O) groups is 1. The van der Waals surface area contributed by atoms with E-state index in [2.05, 4.69) is 0 Å². The lowest BCUT2D eigenvalue weighted by Crippen LogP contribution is -2.62. The second-order valence-electron chi connectivity index (χ2n) is 4.96. The van der Waals surface area contributed by atoms with Gasteiger partial charge in [-0.2, -0.15) is 13.2 Å². The zero-order valence-corrected chi connectivity index (χ0v) is 10.6. The fraction of sp³-hybridized carbons (Fsp3) is 0.417. The molecule has 0 atom stereocenters. The smallest absolute Gasteiger partial charge is 0.380 e. The van der Waals surface area contributed by atoms with Crippen molar-refractivity contribution in [2.24, 2.45) is 0 Å². The lowest BCUT2D eigenvalue weighted by atomic mass is 9.75. The molecular formula is C12H8F7NO2. The van der Waals surface area contributed by atoms with Gasteiger partial charge in [0, 0.05) is 18.9 Å². The Bertz CT molecular complexity index is 623. The first-order valence-corrected chi connectivity index (χ1v) is 5.89. The van der Waals surface area contributed by atoms with Crippen molar-refractivity contribution >= 4 is 5.91 Å². The van der Waals surface area contributed by atoms with Crippen molar-refractivity contribution in [2.45, 2.75) is 30.7 Å². The van der Waals surface area contributed by atoms with Crippen LogP contribution in [0.5, 0.6) is 0 Å². The number of alkyl halides is 3. The molecule has 0 unspecified atom stereocenters. The Morgan fingerprint density at radius 2 is 1.68 bits per heavy atom. The molecule has 1 aromatic carbocycles. The molecule has 2 N–H and O–H groups in total. The van der Waals surface area contributed by atoms with E-state index in [1.807, 2.05) is 5.32 Å². The number of carbonyl (C=O) groups excluding carboxylic acids is 1. The second kappa shape index (κ2) is 5.11. The highest BCUT2D eigenvalue weighted by atomic mass is 19.4. The van der Waals surface area contributed by atoms with Crippen LogP contribution in [0.4, 0.5) is 30.7 Å². The monoisotopic (exact) mass is 331 g/mol. The lowest BCUT2D eigenvalue weighted by Gasteiger charge is -2.44. The first-order chi connectivity index (χ1) is 9.96. The highest BCUT2D eigenvalue weighted by molar-refractivity contribution is 5.94. The van der Waals surface area contributed by atoms with E-state index in [0.29, 0.717) is 0 Å². The summed E-state index contributed by atoms with van der Waals surface area (Å²) in [5.41, 5.74) is -4.15. The molecule has 1 aliphatic rings. The van der Waals surface area contributed by atoms with E-state index in [-0.39, 0.29) is 6.07 Å². The summed E-state index contributed by atoms with van der Waals surface area (Å²) < 4.78 is 89.1. The van der Waals surface area contributed by atoms with Gasteiger partial charge in [0.05, 0.1) is 5.56 Å². The molecule has 2 rings (SSSR count). The molecule has 10 heteroatoms. The Morgan fingerprint density at radius 1 is 1.14 bits per heavy atom. The predicted octanol–water partition coefficient (Wildman–Crippen LogP) is 2.43. The molecule has 0 radical (unpaired) electrons. The van der Waals surface area contributed by atoms with Crippen molar-refractivity contribution < 1.29 is 40.6 Å². The number of aliphatic hydroxyl groups is 1. The molecule has 0 heterocycles. The minimum atomic E-state index is -4.90. The summed E-state index contributed by atoms with van der Waals surface area (Å²) in [5, 5.41) is 11.0. The Morgan fingerprint density at radius 3 is 2.18 bits per heavy atom. The van der Waals surface area contributed by atoms with Crippen LogP contribution in [0.3, 0.4) is 0 Å². The summed E-state index contributed by atoms with van der Waals surface area (Å²) in [5.74, 6) is -9.49. The van der Waals surface area contributed by atoms with Gasteiger partial charge in [0.1, 0.15) is 0 Å². The number of hydrogen-bond donors (Lipinski definition) is 2. The summed E-state index contributed by atoms with van der Waals surface area (Å²) >= 11 is 0. The average molecular weight is 331 g/mol. The molecule has 0 aliphatic heterocycles. The van der Waals surface area contributed by atoms with Gasteiger partial charge in [0.25, 0.3) is 5.91 Å². The van der Waals surface area contributed by atoms with Crippen LogP contribution in [0.2, 0.25) is 0 Å². The van der Waals surface area contributed by atoms with Crippen LogP contribution in [-0.2, 0) is 0 Å². The number of benzene rings is 1. The minimum absolute atomic E-state index is 0.0949. The summed E-state index contributed by atoms with van der Waals surface area (Å²) in [6.07, 6.45) is -6.65. The zero-order valence-electron chi connectivity index (χ0n) is 10.6. The molecule has 1 amide bonds. The van der Waals surface area contributed by atoms with Crippen molar-refractivity contribution in [3.8, 4) is 0 Å². The van der Waals surface area contributed by atoms with Crippen molar-refractivity contribution in [1.29, 1.82) is 0 Å². The number of halogens is 7. The summed E-state index contributed by atoms with van der Waals surface area (Å²) in [6.45, 7) is 0. The first-order valence-electron chi connectivity index (χ1n) is 5.89. The van der Waals surface area contributed by atoms with Crippen LogP contribution in [0, 0.1) is 23.3 Å². The summed E-state index contributed by atoms with van der Waals surface area (Å²) in [6, 6.07) is -1.06. The molecule has 22 heavy (non-hydrogen) atoms. The molecule has 0 spiro atoms. The fourth-order valence-corrected chi connectivity index (χ4v) is 2.09. The third-order valence-corrected chi connectivity index (χ3v) is 3.38. The van der Waals surface area contributed by atoms with Crippen molar-refractivity contribution in [3.05, 3.63) is 34.9 Å². The van der Waals surface area contributed by atoms with E-state index in [9.17, 15) is 35.5 Å². The molecular weight excluding hydrogens is 323 g/mol. The Balaban J connectivity index is 2.10. The number of hydrogen-bond acceptors (Lipinski definition) is 2. The van der Waals surface area contributed by atoms with Crippen LogP contribution in [0.15, 0.2) is 6.07 Å². The van der Waals surface area contributed by atoms with Gasteiger partial charge in [-0.3, -0.25) is 4.79 Å². The highest BCUT2D eigenvalue weighted by Gasteiger charge is 2.61. The van der Waals surface area contributed by atoms with Gasteiger partial charge in [-0.1, -0.05) is 0 Å². The Hall–Kier alpha value is -1.84. The van der Waals surface area contributed by atoms with E-state index < -0.39 is 65.4 Å². The maximum atomic E-state index is 13.3. The second-order valence-corrected chi connectivity index (χ2v) is 4.96. The van der Waals surface area contributed by atoms with Gasteiger partial charge in [0.15, 0.2) is 28.9 Å². The van der Waals surface area contributed by atoms with E-state index in [1.165, 1.54) is 0 Å². The Kier molecular flexibility index (Phi) is 3.84. The van der Waals surface area contributed by atoms with Crippen LogP contribution >= 0.6 is 0 Å². The largest absolute Gasteiger partial charge is 0.417 e. The van der Waals surface area contributed by atoms with E-state index in [0.717, 1.165) is 0 Å². The van der Waals surface area contributed by atoms with E-state index in [4.69, 9.17) is 5.11 Å². The minimum Gasteiger partial charge on any atom is -0.380 e. The Labute approximate surface area is 118 Å². The van der Waals surface area contributed by atoms with Crippen LogP contribution in [0.25, 0.3) is 0 Å². The van der Waals surface area contributed by atoms with Crippen molar-refractivity contribution in [1.82, 2.24) is 5.32 Å². The van der Waals surface area contributed by atoms with Gasteiger partial charge in [-0.25, -0.2) is 17.6 Å². The van der Waals surface area contributed by atoms with Gasteiger partial charge in [-0.05, 0) is 6.07 Å². The fourth-order valence-electron chi connectivity index (χ4n) is 2.09. The molecule has 1 saturated carbocycles. The van der Waals surface area contributed by atoms with E-state index in [1.54, 1.807) is 0 Å². The quantitative estimate of drug-likeness (QED) is 0.497. The first kappa shape index (κ1) is 16.5. The molecule has 1 aromatic rings. The van der Waals surface area contributed by atoms with Gasteiger partial charge >= 0.3 is 6.18 Å². The SMILES string of the molecule is O=C(NC1CC(O)(C(F)(F)F)C1)c1cc(F)c(F)c(F)c1F. The average Bonchev–Trinajstić information content (AvgIpc) is 2.37. The summed E-state index contributed by atoms with van der Waals surface area (Å²) in [4.78, 5) is 11.6. The molecule has 0 bridgehead atoms. The summed E-state index contributed by atoms with van der Waals surface area (Å²) in [7, 11) is 0. The van der Waals surface area contributed by atoms with Gasteiger partial charge < -0.3 is 10.4 Å². The van der Waals surface area contributed by atoms with Crippen LogP contribution < -0.4 is 5.32 Å². The highest BCUT2D eigenvalue weighted by Crippen LogP contribution is 2.45. The zero-order chi connectivity index (χ0) is 16.9. The van der Waals surface area contributed by atoms with Crippen molar-refractivity contribution in [3.63, 3.8) is 0 Å². The van der Waals surface area contributed by atoms with E-state index >= 15 is 0 Å². The van der Waals surface area contributed by atoms with Crippen molar-refractivity contribution in [2.75, 3.05) is 0 Å². The third-order valence-electron chi connectivity index (χ3n) is 3.38. The number of rotatable bonds is 2. The third kappa shape index (κ3) is 2.62. The van der Waals surface area contributed by atoms with Crippen LogP contribution in [0.1, 0.15) is 23.2 Å². The molecule has 0 saturated heterocycles. The topological polar surface area (TPSA) is 49.3 Å². The standard InChI is InChI=1S/C12H8F7NO2/c13-6-1-5(7(14)9(16)8(6)15)10(21)20-4-2-11(22,3-4)12(17,18)19/h1,4,22H,2-3H2,(H,20,21). The lowest BCUT2D eigenvalue weighted by molar-refractivity contribution is -0.291. The number of amides is 1. The predicted molar refractivity (Wildman–Crippen MR) is 57.8 cm³/mol. The molecule has 0 aromatic heterocycles. The van der Waals surface area contributed by atoms with Gasteiger partial charge in [0.2, 0.25) is 0 Å². The molecule has 122 valence electrons. The maximum Gasteiger partial charge on any atom is 0.417 e.